The molecule has 0 fully saturated rings. The smallest absolute Gasteiger partial charge is 0.423 e. The lowest BCUT2D eigenvalue weighted by molar-refractivity contribution is 0.426. The molecule has 0 saturated heterocycles. The molecule has 0 unspecified atom stereocenters. The minimum absolute atomic E-state index is 0.669. The summed E-state index contributed by atoms with van der Waals surface area (Å²) in [5.41, 5.74) is -1.42. The van der Waals surface area contributed by atoms with E-state index in [0.717, 1.165) is 0 Å². The first kappa shape index (κ1) is 2.36. The molecule has 0 amide bonds. The van der Waals surface area contributed by atoms with Crippen LogP contribution in [-0.4, -0.2) is 17.2 Å². The van der Waals surface area contributed by atoms with Gasteiger partial charge in [0.25, 0.3) is 0 Å². The lowest BCUT2D eigenvalue weighted by Crippen LogP contribution is -2.29. The Morgan fingerprint density at radius 1 is 1.60 bits per heavy atom. The van der Waals surface area contributed by atoms with Gasteiger partial charge in [0.05, 0.1) is 5.48 Å². The zero-order valence-corrected chi connectivity index (χ0v) is 4.97. The Bertz CT molecular complexity index is 457. The molecule has 52 valence electrons. The Morgan fingerprint density at radius 2 is 2.40 bits per heavy atom. The van der Waals surface area contributed by atoms with E-state index in [1.54, 1.807) is 0 Å². The third-order valence-electron chi connectivity index (χ3n) is 0.903. The van der Waals surface area contributed by atoms with E-state index in [1.165, 1.54) is 0 Å². The standard InChI is InChI=1S/C7H9BO2/c1-6-3-2-4-7(5-6)8(9)10/h2-5,9-10H,1H3/i1D3,2D,3D,4D,5D. The van der Waals surface area contributed by atoms with Gasteiger partial charge in [-0.15, -0.1) is 0 Å². The summed E-state index contributed by atoms with van der Waals surface area (Å²) < 4.78 is 51.1. The maximum atomic E-state index is 8.98. The molecule has 0 heterocycles. The van der Waals surface area contributed by atoms with Gasteiger partial charge < -0.3 is 10.0 Å². The Morgan fingerprint density at radius 3 is 3.00 bits per heavy atom. The van der Waals surface area contributed by atoms with Crippen molar-refractivity contribution < 1.29 is 19.6 Å². The molecular formula is C7H9BO2. The largest absolute Gasteiger partial charge is 0.488 e. The summed E-state index contributed by atoms with van der Waals surface area (Å²) in [6.45, 7) is -2.82. The van der Waals surface area contributed by atoms with E-state index in [-0.39, 0.29) is 0 Å². The van der Waals surface area contributed by atoms with Crippen LogP contribution in [0.25, 0.3) is 0 Å². The van der Waals surface area contributed by atoms with Crippen LogP contribution in [0.1, 0.15) is 15.2 Å². The average molecular weight is 143 g/mol. The number of hydrogen-bond donors (Lipinski definition) is 2. The normalized spacial score (nSPS) is 20.8. The van der Waals surface area contributed by atoms with E-state index < -0.39 is 49.2 Å². The summed E-state index contributed by atoms with van der Waals surface area (Å²) in [6.07, 6.45) is 0. The molecule has 2 N–H and O–H groups in total. The van der Waals surface area contributed by atoms with Gasteiger partial charge in [0.2, 0.25) is 0 Å². The molecule has 0 radical (unpaired) electrons. The first-order valence-electron chi connectivity index (χ1n) is 6.06. The van der Waals surface area contributed by atoms with Gasteiger partial charge in [0.1, 0.15) is 0 Å². The van der Waals surface area contributed by atoms with Gasteiger partial charge in [-0.05, 0) is 12.3 Å². The second-order valence-electron chi connectivity index (χ2n) is 1.66. The van der Waals surface area contributed by atoms with Crippen LogP contribution in [0.4, 0.5) is 0 Å². The van der Waals surface area contributed by atoms with E-state index in [2.05, 4.69) is 0 Å². The van der Waals surface area contributed by atoms with E-state index in [9.17, 15) is 0 Å². The van der Waals surface area contributed by atoms with Crippen LogP contribution in [-0.2, 0) is 0 Å². The minimum atomic E-state index is -2.82. The Balaban J connectivity index is 3.75. The van der Waals surface area contributed by atoms with Crippen molar-refractivity contribution in [1.29, 1.82) is 0 Å². The third-order valence-corrected chi connectivity index (χ3v) is 0.903. The van der Waals surface area contributed by atoms with Crippen molar-refractivity contribution in [3.05, 3.63) is 29.7 Å². The molecule has 1 aromatic carbocycles. The summed E-state index contributed by atoms with van der Waals surface area (Å²) >= 11 is 0. The first-order valence-corrected chi connectivity index (χ1v) is 2.56. The predicted molar refractivity (Wildman–Crippen MR) is 41.0 cm³/mol. The summed E-state index contributed by atoms with van der Waals surface area (Å²) in [5.74, 6) is 0. The highest BCUT2D eigenvalue weighted by atomic mass is 16.4. The lowest BCUT2D eigenvalue weighted by Gasteiger charge is -1.98. The molecule has 1 rings (SSSR count). The van der Waals surface area contributed by atoms with Crippen LogP contribution < -0.4 is 5.46 Å². The monoisotopic (exact) mass is 143 g/mol. The van der Waals surface area contributed by atoms with Crippen molar-refractivity contribution >= 4 is 12.6 Å². The average Bonchev–Trinajstić information content (AvgIpc) is 2.11. The number of hydrogen-bond acceptors (Lipinski definition) is 2. The number of rotatable bonds is 1. The molecule has 1 aromatic rings. The van der Waals surface area contributed by atoms with E-state index in [0.29, 0.717) is 0 Å². The highest BCUT2D eigenvalue weighted by molar-refractivity contribution is 6.58. The quantitative estimate of drug-likeness (QED) is 0.528. The topological polar surface area (TPSA) is 40.5 Å². The van der Waals surface area contributed by atoms with E-state index in [4.69, 9.17) is 19.6 Å². The van der Waals surface area contributed by atoms with E-state index >= 15 is 0 Å². The SMILES string of the molecule is [2H]c1c([2H])c(B(O)O)c([2H])c(C([2H])([2H])[2H])c1[2H]. The van der Waals surface area contributed by atoms with Crippen LogP contribution in [0.15, 0.2) is 24.2 Å². The van der Waals surface area contributed by atoms with Gasteiger partial charge in [-0.1, -0.05) is 29.7 Å². The van der Waals surface area contributed by atoms with Crippen LogP contribution in [0.3, 0.4) is 0 Å². The Kier molecular flexibility index (Phi) is 0.675. The van der Waals surface area contributed by atoms with Crippen molar-refractivity contribution in [3.8, 4) is 0 Å². The van der Waals surface area contributed by atoms with Gasteiger partial charge in [0.15, 0.2) is 0 Å². The maximum absolute atomic E-state index is 8.98. The minimum Gasteiger partial charge on any atom is -0.423 e. The van der Waals surface area contributed by atoms with Gasteiger partial charge in [-0.25, -0.2) is 0 Å². The zero-order valence-electron chi connectivity index (χ0n) is 12.0. The molecule has 0 aromatic heterocycles. The van der Waals surface area contributed by atoms with Gasteiger partial charge in [0, 0.05) is 4.11 Å². The van der Waals surface area contributed by atoms with Gasteiger partial charge in [-0.2, -0.15) is 0 Å². The lowest BCUT2D eigenvalue weighted by atomic mass is 9.80. The molecule has 3 heteroatoms. The summed E-state index contributed by atoms with van der Waals surface area (Å²) in [7, 11) is -2.22. The van der Waals surface area contributed by atoms with Crippen LogP contribution in [0.5, 0.6) is 0 Å². The molecule has 10 heavy (non-hydrogen) atoms. The Hall–Kier alpha value is -0.795. The van der Waals surface area contributed by atoms with Crippen LogP contribution >= 0.6 is 0 Å². The van der Waals surface area contributed by atoms with Crippen molar-refractivity contribution in [3.63, 3.8) is 0 Å². The van der Waals surface area contributed by atoms with Crippen molar-refractivity contribution in [2.24, 2.45) is 0 Å². The molecule has 0 aliphatic carbocycles. The molecule has 0 spiro atoms. The predicted octanol–water partition coefficient (Wildman–Crippen LogP) is -0.325. The summed E-state index contributed by atoms with van der Waals surface area (Å²) in [4.78, 5) is 0. The second-order valence-corrected chi connectivity index (χ2v) is 1.66. The molecular weight excluding hydrogens is 127 g/mol. The van der Waals surface area contributed by atoms with Gasteiger partial charge >= 0.3 is 7.12 Å². The third kappa shape index (κ3) is 1.59. The maximum Gasteiger partial charge on any atom is 0.488 e. The second kappa shape index (κ2) is 2.86. The zero-order chi connectivity index (χ0) is 13.5. The molecule has 0 saturated carbocycles. The van der Waals surface area contributed by atoms with Crippen LogP contribution in [0.2, 0.25) is 0 Å². The molecule has 0 aliphatic rings. The highest BCUT2D eigenvalue weighted by Gasteiger charge is 2.08. The van der Waals surface area contributed by atoms with Crippen LogP contribution in [0, 0.1) is 6.85 Å². The fourth-order valence-corrected chi connectivity index (χ4v) is 0.487. The molecule has 0 aliphatic heterocycles. The van der Waals surface area contributed by atoms with Crippen molar-refractivity contribution in [1.82, 2.24) is 0 Å². The highest BCUT2D eigenvalue weighted by Crippen LogP contribution is 1.92. The first-order chi connectivity index (χ1) is 7.59. The Labute approximate surface area is 70.1 Å². The van der Waals surface area contributed by atoms with E-state index in [1.807, 2.05) is 0 Å². The number of benzene rings is 1. The molecule has 0 atom stereocenters. The molecule has 2 nitrogen and oxygen atoms in total. The van der Waals surface area contributed by atoms with Gasteiger partial charge in [-0.3, -0.25) is 0 Å². The fourth-order valence-electron chi connectivity index (χ4n) is 0.487. The molecule has 0 bridgehead atoms. The van der Waals surface area contributed by atoms with Crippen molar-refractivity contribution in [2.75, 3.05) is 0 Å². The van der Waals surface area contributed by atoms with Crippen molar-refractivity contribution in [2.45, 2.75) is 6.85 Å². The fraction of sp³-hybridized carbons (Fsp3) is 0.143. The summed E-state index contributed by atoms with van der Waals surface area (Å²) in [6, 6.07) is -3.02. The summed E-state index contributed by atoms with van der Waals surface area (Å²) in [5, 5.41) is 18.0.